The van der Waals surface area contributed by atoms with Crippen LogP contribution in [0.1, 0.15) is 45.1 Å². The number of nitrogens with zero attached hydrogens (tertiary/aromatic N) is 1. The minimum atomic E-state index is -6.09. The predicted octanol–water partition coefficient (Wildman–Crippen LogP) is 3.17. The summed E-state index contributed by atoms with van der Waals surface area (Å²) < 4.78 is 61.2. The molecule has 1 aromatic rings. The fraction of sp³-hybridized carbons (Fsp3) is 0.643. The number of hydrogen-bond donors (Lipinski definition) is 0. The molecule has 0 unspecified atom stereocenters. The third kappa shape index (κ3) is 8.99. The van der Waals surface area contributed by atoms with Crippen LogP contribution in [0.4, 0.5) is 13.2 Å². The van der Waals surface area contributed by atoms with E-state index in [0.717, 1.165) is 6.54 Å². The van der Waals surface area contributed by atoms with Gasteiger partial charge < -0.3 is 4.55 Å². The summed E-state index contributed by atoms with van der Waals surface area (Å²) in [6, 6.07) is 4.51. The van der Waals surface area contributed by atoms with Gasteiger partial charge in [0.05, 0.1) is 0 Å². The zero-order valence-electron chi connectivity index (χ0n) is 12.8. The summed E-state index contributed by atoms with van der Waals surface area (Å²) in [7, 11) is -6.09. The average Bonchev–Trinajstić information content (AvgIpc) is 2.42. The van der Waals surface area contributed by atoms with Crippen LogP contribution in [0.2, 0.25) is 0 Å². The lowest BCUT2D eigenvalue weighted by Crippen LogP contribution is -2.32. The summed E-state index contributed by atoms with van der Waals surface area (Å²) in [5.41, 5.74) is -4.17. The van der Waals surface area contributed by atoms with Crippen molar-refractivity contribution >= 4 is 10.1 Å². The van der Waals surface area contributed by atoms with Gasteiger partial charge in [-0.2, -0.15) is 13.2 Å². The van der Waals surface area contributed by atoms with Gasteiger partial charge in [-0.05, 0) is 18.4 Å². The predicted molar refractivity (Wildman–Crippen MR) is 75.9 cm³/mol. The SMILES string of the molecule is CCCCc1cc[n+](CCCC)cc1.O=S(=O)([O-])C(F)(F)F. The largest absolute Gasteiger partial charge is 0.741 e. The Bertz CT molecular complexity index is 486. The molecule has 4 nitrogen and oxygen atoms in total. The molecule has 0 atom stereocenters. The van der Waals surface area contributed by atoms with Gasteiger partial charge in [-0.15, -0.1) is 0 Å². The van der Waals surface area contributed by atoms with Gasteiger partial charge in [0, 0.05) is 18.6 Å². The van der Waals surface area contributed by atoms with E-state index in [4.69, 9.17) is 13.0 Å². The molecule has 0 aromatic carbocycles. The van der Waals surface area contributed by atoms with Gasteiger partial charge >= 0.3 is 5.51 Å². The van der Waals surface area contributed by atoms with Crippen molar-refractivity contribution in [2.75, 3.05) is 0 Å². The normalized spacial score (nSPS) is 11.7. The van der Waals surface area contributed by atoms with E-state index in [0.29, 0.717) is 0 Å². The van der Waals surface area contributed by atoms with Crippen LogP contribution in [0.5, 0.6) is 0 Å². The van der Waals surface area contributed by atoms with Crippen LogP contribution in [0.25, 0.3) is 0 Å². The number of halogens is 3. The summed E-state index contributed by atoms with van der Waals surface area (Å²) in [5, 5.41) is 0. The molecule has 0 amide bonds. The number of unbranched alkanes of at least 4 members (excludes halogenated alkanes) is 2. The Balaban J connectivity index is 0.000000472. The van der Waals surface area contributed by atoms with Crippen molar-refractivity contribution in [3.63, 3.8) is 0 Å². The van der Waals surface area contributed by atoms with E-state index in [2.05, 4.69) is 42.9 Å². The van der Waals surface area contributed by atoms with Crippen LogP contribution in [0.3, 0.4) is 0 Å². The van der Waals surface area contributed by atoms with E-state index in [1.807, 2.05) is 0 Å². The zero-order chi connectivity index (χ0) is 17.2. The molecular weight excluding hydrogens is 319 g/mol. The van der Waals surface area contributed by atoms with Gasteiger partial charge in [0.2, 0.25) is 0 Å². The van der Waals surface area contributed by atoms with Gasteiger partial charge in [0.25, 0.3) is 0 Å². The average molecular weight is 341 g/mol. The summed E-state index contributed by atoms with van der Waals surface area (Å²) in [6.07, 6.45) is 10.8. The molecule has 1 rings (SSSR count). The van der Waals surface area contributed by atoms with E-state index in [1.54, 1.807) is 0 Å². The first-order valence-corrected chi connectivity index (χ1v) is 8.52. The number of aromatic nitrogens is 1. The molecule has 0 radical (unpaired) electrons. The fourth-order valence-electron chi connectivity index (χ4n) is 1.53. The van der Waals surface area contributed by atoms with E-state index in [9.17, 15) is 13.2 Å². The summed E-state index contributed by atoms with van der Waals surface area (Å²) in [6.45, 7) is 5.63. The molecule has 0 bridgehead atoms. The second kappa shape index (κ2) is 9.78. The van der Waals surface area contributed by atoms with Crippen LogP contribution in [-0.2, 0) is 23.1 Å². The first kappa shape index (κ1) is 20.9. The molecule has 8 heteroatoms. The van der Waals surface area contributed by atoms with E-state index >= 15 is 0 Å². The third-order valence-electron chi connectivity index (χ3n) is 2.83. The highest BCUT2D eigenvalue weighted by Gasteiger charge is 2.36. The van der Waals surface area contributed by atoms with E-state index in [-0.39, 0.29) is 0 Å². The maximum Gasteiger partial charge on any atom is 0.485 e. The standard InChI is InChI=1S/C13H22N.CHF3O3S/c1-3-5-7-13-8-11-14(12-9-13)10-6-4-2;2-1(3,4)8(5,6)7/h8-9,11-12H,3-7,10H2,1-2H3;(H,5,6,7)/q+1;/p-1. The summed E-state index contributed by atoms with van der Waals surface area (Å²) in [5.74, 6) is 0. The Hall–Kier alpha value is -1.15. The minimum Gasteiger partial charge on any atom is -0.741 e. The van der Waals surface area contributed by atoms with Gasteiger partial charge in [-0.25, -0.2) is 13.0 Å². The van der Waals surface area contributed by atoms with Gasteiger partial charge in [0.1, 0.15) is 6.54 Å². The number of alkyl halides is 3. The lowest BCUT2D eigenvalue weighted by atomic mass is 10.1. The maximum atomic E-state index is 10.7. The highest BCUT2D eigenvalue weighted by atomic mass is 32.2. The van der Waals surface area contributed by atoms with Gasteiger partial charge in [-0.3, -0.25) is 0 Å². The Kier molecular flexibility index (Phi) is 9.27. The fourth-order valence-corrected chi connectivity index (χ4v) is 1.53. The third-order valence-corrected chi connectivity index (χ3v) is 3.40. The topological polar surface area (TPSA) is 61.1 Å². The molecule has 0 fully saturated rings. The van der Waals surface area contributed by atoms with Crippen LogP contribution in [0, 0.1) is 0 Å². The minimum absolute atomic E-state index is 1.16. The number of hydrogen-bond acceptors (Lipinski definition) is 3. The smallest absolute Gasteiger partial charge is 0.485 e. The molecule has 0 saturated heterocycles. The lowest BCUT2D eigenvalue weighted by molar-refractivity contribution is -0.697. The number of pyridine rings is 1. The van der Waals surface area contributed by atoms with Gasteiger partial charge in [-0.1, -0.05) is 26.7 Å². The van der Waals surface area contributed by atoms with E-state index < -0.39 is 15.6 Å². The molecule has 1 heterocycles. The number of rotatable bonds is 6. The van der Waals surface area contributed by atoms with Crippen molar-refractivity contribution in [3.8, 4) is 0 Å². The molecule has 0 aliphatic heterocycles. The van der Waals surface area contributed by atoms with Crippen molar-refractivity contribution in [1.82, 2.24) is 0 Å². The molecule has 1 aromatic heterocycles. The summed E-state index contributed by atoms with van der Waals surface area (Å²) in [4.78, 5) is 0. The Morgan fingerprint density at radius 1 is 1.09 bits per heavy atom. The Morgan fingerprint density at radius 2 is 1.55 bits per heavy atom. The zero-order valence-corrected chi connectivity index (χ0v) is 13.6. The van der Waals surface area contributed by atoms with Crippen LogP contribution in [0.15, 0.2) is 24.5 Å². The molecule has 128 valence electrons. The van der Waals surface area contributed by atoms with Crippen LogP contribution < -0.4 is 4.57 Å². The van der Waals surface area contributed by atoms with Crippen LogP contribution >= 0.6 is 0 Å². The van der Waals surface area contributed by atoms with Crippen molar-refractivity contribution in [2.24, 2.45) is 0 Å². The second-order valence-electron chi connectivity index (χ2n) is 4.80. The van der Waals surface area contributed by atoms with Gasteiger partial charge in [0.15, 0.2) is 22.5 Å². The van der Waals surface area contributed by atoms with Crippen molar-refractivity contribution in [3.05, 3.63) is 30.1 Å². The summed E-state index contributed by atoms with van der Waals surface area (Å²) >= 11 is 0. The lowest BCUT2D eigenvalue weighted by Gasteiger charge is -2.08. The van der Waals surface area contributed by atoms with Crippen molar-refractivity contribution < 1.29 is 30.7 Å². The highest BCUT2D eigenvalue weighted by Crippen LogP contribution is 2.20. The second-order valence-corrected chi connectivity index (χ2v) is 6.17. The Labute approximate surface area is 129 Å². The quantitative estimate of drug-likeness (QED) is 0.454. The number of aryl methyl sites for hydroxylation is 2. The first-order chi connectivity index (χ1) is 10.1. The molecule has 0 N–H and O–H groups in total. The van der Waals surface area contributed by atoms with Crippen molar-refractivity contribution in [2.45, 2.75) is 58.0 Å². The van der Waals surface area contributed by atoms with Crippen LogP contribution in [-0.4, -0.2) is 18.5 Å². The monoisotopic (exact) mass is 341 g/mol. The van der Waals surface area contributed by atoms with Crippen molar-refractivity contribution in [1.29, 1.82) is 0 Å². The molecular formula is C14H22F3NO3S. The molecule has 22 heavy (non-hydrogen) atoms. The molecule has 0 aliphatic rings. The van der Waals surface area contributed by atoms with E-state index in [1.165, 1.54) is 37.7 Å². The molecule has 0 saturated carbocycles. The highest BCUT2D eigenvalue weighted by molar-refractivity contribution is 7.86. The Morgan fingerprint density at radius 3 is 1.91 bits per heavy atom. The molecule has 0 spiro atoms. The molecule has 0 aliphatic carbocycles. The maximum absolute atomic E-state index is 10.7. The first-order valence-electron chi connectivity index (χ1n) is 7.12.